The number of rotatable bonds is 4. The van der Waals surface area contributed by atoms with Crippen LogP contribution in [-0.4, -0.2) is 5.78 Å². The summed E-state index contributed by atoms with van der Waals surface area (Å²) in [5.74, 6) is -0.609. The van der Waals surface area contributed by atoms with Crippen LogP contribution in [0.1, 0.15) is 35.9 Å². The van der Waals surface area contributed by atoms with Crippen LogP contribution in [0.3, 0.4) is 0 Å². The number of carbonyl (C=O) groups is 1. The van der Waals surface area contributed by atoms with Crippen LogP contribution in [0, 0.1) is 5.82 Å². The molecule has 0 radical (unpaired) electrons. The summed E-state index contributed by atoms with van der Waals surface area (Å²) in [6.07, 6.45) is -0.249. The number of ether oxygens (including phenoxy) is 1. The number of ketones is 1. The molecule has 1 atom stereocenters. The summed E-state index contributed by atoms with van der Waals surface area (Å²) in [5.41, 5.74) is 0.978. The summed E-state index contributed by atoms with van der Waals surface area (Å²) in [7, 11) is 0. The predicted octanol–water partition coefficient (Wildman–Crippen LogP) is 4.17. The smallest absolute Gasteiger partial charge is 0.166 e. The molecule has 0 saturated carbocycles. The number of benzene rings is 2. The molecule has 0 spiro atoms. The normalized spacial score (nSPS) is 11.9. The molecule has 0 amide bonds. The third-order valence-electron chi connectivity index (χ3n) is 2.90. The third kappa shape index (κ3) is 2.99. The van der Waals surface area contributed by atoms with Gasteiger partial charge in [0.15, 0.2) is 5.78 Å². The first kappa shape index (κ1) is 13.3. The number of halogens is 1. The van der Waals surface area contributed by atoms with Gasteiger partial charge in [0.25, 0.3) is 0 Å². The van der Waals surface area contributed by atoms with Crippen LogP contribution in [0.25, 0.3) is 0 Å². The van der Waals surface area contributed by atoms with Crippen LogP contribution in [0.15, 0.2) is 48.5 Å². The highest BCUT2D eigenvalue weighted by molar-refractivity contribution is 5.97. The average Bonchev–Trinajstić information content (AvgIpc) is 2.39. The lowest BCUT2D eigenvalue weighted by molar-refractivity contribution is 0.100. The summed E-state index contributed by atoms with van der Waals surface area (Å²) in [6, 6.07) is 14.0. The second-order valence-electron chi connectivity index (χ2n) is 4.34. The van der Waals surface area contributed by atoms with Crippen molar-refractivity contribution in [1.29, 1.82) is 0 Å². The Balaban J connectivity index is 2.29. The fourth-order valence-corrected chi connectivity index (χ4v) is 1.93. The van der Waals surface area contributed by atoms with E-state index in [1.54, 1.807) is 6.07 Å². The number of hydrogen-bond acceptors (Lipinski definition) is 2. The molecule has 1 unspecified atom stereocenters. The zero-order chi connectivity index (χ0) is 13.8. The molecule has 0 aliphatic carbocycles. The zero-order valence-corrected chi connectivity index (χ0v) is 10.9. The van der Waals surface area contributed by atoms with Crippen molar-refractivity contribution in [3.05, 3.63) is 65.5 Å². The van der Waals surface area contributed by atoms with E-state index in [2.05, 4.69) is 0 Å². The van der Waals surface area contributed by atoms with E-state index in [4.69, 9.17) is 4.74 Å². The van der Waals surface area contributed by atoms with Crippen LogP contribution in [0.5, 0.6) is 5.75 Å². The van der Waals surface area contributed by atoms with Gasteiger partial charge in [-0.05, 0) is 31.5 Å². The molecule has 2 aromatic rings. The van der Waals surface area contributed by atoms with Gasteiger partial charge in [-0.15, -0.1) is 0 Å². The summed E-state index contributed by atoms with van der Waals surface area (Å²) in [4.78, 5) is 11.5. The van der Waals surface area contributed by atoms with Gasteiger partial charge in [0.05, 0.1) is 5.56 Å². The molecular weight excluding hydrogens is 243 g/mol. The first-order valence-corrected chi connectivity index (χ1v) is 6.10. The van der Waals surface area contributed by atoms with Gasteiger partial charge in [-0.25, -0.2) is 4.39 Å². The summed E-state index contributed by atoms with van der Waals surface area (Å²) in [5, 5.41) is 0. The van der Waals surface area contributed by atoms with Crippen LogP contribution < -0.4 is 4.74 Å². The van der Waals surface area contributed by atoms with Gasteiger partial charge < -0.3 is 4.74 Å². The first-order valence-electron chi connectivity index (χ1n) is 6.10. The first-order chi connectivity index (χ1) is 9.09. The van der Waals surface area contributed by atoms with E-state index in [1.165, 1.54) is 19.1 Å². The maximum absolute atomic E-state index is 13.7. The van der Waals surface area contributed by atoms with Crippen LogP contribution in [0.2, 0.25) is 0 Å². The number of carbonyl (C=O) groups excluding carboxylic acids is 1. The van der Waals surface area contributed by atoms with E-state index >= 15 is 0 Å². The van der Waals surface area contributed by atoms with E-state index in [-0.39, 0.29) is 23.2 Å². The molecule has 2 aromatic carbocycles. The topological polar surface area (TPSA) is 26.3 Å². The van der Waals surface area contributed by atoms with Crippen molar-refractivity contribution in [2.24, 2.45) is 0 Å². The largest absolute Gasteiger partial charge is 0.485 e. The van der Waals surface area contributed by atoms with Gasteiger partial charge in [-0.2, -0.15) is 0 Å². The Morgan fingerprint density at radius 1 is 1.11 bits per heavy atom. The molecule has 0 aromatic heterocycles. The fourth-order valence-electron chi connectivity index (χ4n) is 1.93. The van der Waals surface area contributed by atoms with Crippen molar-refractivity contribution >= 4 is 5.78 Å². The Morgan fingerprint density at radius 3 is 2.42 bits per heavy atom. The van der Waals surface area contributed by atoms with Crippen molar-refractivity contribution < 1.29 is 13.9 Å². The highest BCUT2D eigenvalue weighted by Gasteiger charge is 2.16. The Morgan fingerprint density at radius 2 is 1.79 bits per heavy atom. The third-order valence-corrected chi connectivity index (χ3v) is 2.90. The lowest BCUT2D eigenvalue weighted by Crippen LogP contribution is -2.08. The van der Waals surface area contributed by atoms with Crippen molar-refractivity contribution in [1.82, 2.24) is 0 Å². The Kier molecular flexibility index (Phi) is 3.95. The summed E-state index contributed by atoms with van der Waals surface area (Å²) in [6.45, 7) is 3.20. The fraction of sp³-hybridized carbons (Fsp3) is 0.188. The maximum Gasteiger partial charge on any atom is 0.166 e. The minimum atomic E-state index is -0.551. The van der Waals surface area contributed by atoms with Gasteiger partial charge in [0, 0.05) is 0 Å². The van der Waals surface area contributed by atoms with Gasteiger partial charge in [0.1, 0.15) is 17.7 Å². The van der Waals surface area contributed by atoms with Gasteiger partial charge in [-0.1, -0.05) is 36.4 Å². The molecule has 0 heterocycles. The molecule has 2 nitrogen and oxygen atoms in total. The minimum absolute atomic E-state index is 0.00489. The second-order valence-corrected chi connectivity index (χ2v) is 4.34. The lowest BCUT2D eigenvalue weighted by atomic mass is 10.1. The summed E-state index contributed by atoms with van der Waals surface area (Å²) >= 11 is 0. The SMILES string of the molecule is CC(=O)c1c(F)cccc1OC(C)c1ccccc1. The number of Topliss-reactive ketones (excluding diaryl/α,β-unsaturated/α-hetero) is 1. The minimum Gasteiger partial charge on any atom is -0.485 e. The maximum atomic E-state index is 13.7. The molecule has 2 rings (SSSR count). The number of hydrogen-bond donors (Lipinski definition) is 0. The monoisotopic (exact) mass is 258 g/mol. The van der Waals surface area contributed by atoms with Crippen LogP contribution >= 0.6 is 0 Å². The Hall–Kier alpha value is -2.16. The molecular formula is C16H15FO2. The molecule has 0 aliphatic rings. The van der Waals surface area contributed by atoms with Crippen molar-refractivity contribution in [3.8, 4) is 5.75 Å². The van der Waals surface area contributed by atoms with Gasteiger partial charge in [0.2, 0.25) is 0 Å². The van der Waals surface area contributed by atoms with E-state index in [9.17, 15) is 9.18 Å². The zero-order valence-electron chi connectivity index (χ0n) is 10.9. The predicted molar refractivity (Wildman–Crippen MR) is 71.9 cm³/mol. The van der Waals surface area contributed by atoms with E-state index < -0.39 is 5.82 Å². The Bertz CT molecular complexity index is 579. The summed E-state index contributed by atoms with van der Waals surface area (Å²) < 4.78 is 19.4. The molecule has 0 fully saturated rings. The second kappa shape index (κ2) is 5.65. The molecule has 19 heavy (non-hydrogen) atoms. The van der Waals surface area contributed by atoms with Crippen molar-refractivity contribution in [2.75, 3.05) is 0 Å². The van der Waals surface area contributed by atoms with E-state index in [0.29, 0.717) is 0 Å². The van der Waals surface area contributed by atoms with Crippen LogP contribution in [-0.2, 0) is 0 Å². The lowest BCUT2D eigenvalue weighted by Gasteiger charge is -2.17. The standard InChI is InChI=1S/C16H15FO2/c1-11(18)16-14(17)9-6-10-15(16)19-12(2)13-7-4-3-5-8-13/h3-10,12H,1-2H3. The molecule has 0 bridgehead atoms. The van der Waals surface area contributed by atoms with E-state index in [0.717, 1.165) is 5.56 Å². The molecule has 0 N–H and O–H groups in total. The average molecular weight is 258 g/mol. The molecule has 0 saturated heterocycles. The highest BCUT2D eigenvalue weighted by atomic mass is 19.1. The van der Waals surface area contributed by atoms with Crippen molar-refractivity contribution in [2.45, 2.75) is 20.0 Å². The molecule has 98 valence electrons. The highest BCUT2D eigenvalue weighted by Crippen LogP contribution is 2.27. The van der Waals surface area contributed by atoms with Crippen molar-refractivity contribution in [3.63, 3.8) is 0 Å². The quantitative estimate of drug-likeness (QED) is 0.769. The van der Waals surface area contributed by atoms with Gasteiger partial charge >= 0.3 is 0 Å². The molecule has 0 aliphatic heterocycles. The molecule has 3 heteroatoms. The Labute approximate surface area is 111 Å². The van der Waals surface area contributed by atoms with Crippen LogP contribution in [0.4, 0.5) is 4.39 Å². The van der Waals surface area contributed by atoms with E-state index in [1.807, 2.05) is 37.3 Å². The van der Waals surface area contributed by atoms with Gasteiger partial charge in [-0.3, -0.25) is 4.79 Å².